The number of carboxylic acids is 1. The van der Waals surface area contributed by atoms with Gasteiger partial charge in [0.2, 0.25) is 5.91 Å². The van der Waals surface area contributed by atoms with Crippen molar-refractivity contribution >= 4 is 11.9 Å². The van der Waals surface area contributed by atoms with Crippen LogP contribution >= 0.6 is 0 Å². The molecule has 0 aliphatic rings. The predicted octanol–water partition coefficient (Wildman–Crippen LogP) is 1.03. The molecule has 18 heavy (non-hydrogen) atoms. The maximum absolute atomic E-state index is 11.4. The first-order chi connectivity index (χ1) is 8.51. The van der Waals surface area contributed by atoms with Crippen LogP contribution in [-0.2, 0) is 9.59 Å². The molecular weight excluding hydrogens is 232 g/mol. The molecule has 0 radical (unpaired) electrons. The second-order valence-corrected chi connectivity index (χ2v) is 4.07. The number of carbonyl (C=O) groups excluding carboxylic acids is 1. The molecule has 1 amide bonds. The molecule has 1 unspecified atom stereocenters. The van der Waals surface area contributed by atoms with Gasteiger partial charge in [0.25, 0.3) is 0 Å². The van der Waals surface area contributed by atoms with Crippen LogP contribution in [0.15, 0.2) is 25.3 Å². The number of aliphatic carboxylic acids is 1. The van der Waals surface area contributed by atoms with Gasteiger partial charge in [0, 0.05) is 19.5 Å². The summed E-state index contributed by atoms with van der Waals surface area (Å²) in [5, 5.41) is 11.1. The molecular formula is C13H22N2O3. The van der Waals surface area contributed by atoms with Crippen LogP contribution in [0.2, 0.25) is 0 Å². The van der Waals surface area contributed by atoms with E-state index in [2.05, 4.69) is 23.4 Å². The molecule has 0 aliphatic carbocycles. The Labute approximate surface area is 108 Å². The van der Waals surface area contributed by atoms with Crippen molar-refractivity contribution in [1.82, 2.24) is 10.2 Å². The standard InChI is InChI=1S/C13H22N2O3/c1-4-8-15(9-5-2)10-6-7-12(16)14-11(3)13(17)18/h4-5,11H,1-2,6-10H2,3H3,(H,14,16)(H,17,18). The lowest BCUT2D eigenvalue weighted by molar-refractivity contribution is -0.141. The van der Waals surface area contributed by atoms with E-state index in [1.54, 1.807) is 12.2 Å². The Hall–Kier alpha value is -1.62. The first kappa shape index (κ1) is 16.4. The lowest BCUT2D eigenvalue weighted by atomic mass is 10.2. The van der Waals surface area contributed by atoms with Gasteiger partial charge in [-0.15, -0.1) is 13.2 Å². The van der Waals surface area contributed by atoms with Gasteiger partial charge in [-0.2, -0.15) is 0 Å². The summed E-state index contributed by atoms with van der Waals surface area (Å²) in [7, 11) is 0. The third-order valence-electron chi connectivity index (χ3n) is 2.40. The van der Waals surface area contributed by atoms with Crippen LogP contribution in [0.1, 0.15) is 19.8 Å². The smallest absolute Gasteiger partial charge is 0.325 e. The fourth-order valence-electron chi connectivity index (χ4n) is 1.46. The first-order valence-corrected chi connectivity index (χ1v) is 5.97. The van der Waals surface area contributed by atoms with Crippen LogP contribution in [0.5, 0.6) is 0 Å². The zero-order valence-corrected chi connectivity index (χ0v) is 10.9. The van der Waals surface area contributed by atoms with E-state index in [1.807, 2.05) is 0 Å². The van der Waals surface area contributed by atoms with Crippen LogP contribution in [0, 0.1) is 0 Å². The normalized spacial score (nSPS) is 11.9. The monoisotopic (exact) mass is 254 g/mol. The van der Waals surface area contributed by atoms with Crippen molar-refractivity contribution in [1.29, 1.82) is 0 Å². The van der Waals surface area contributed by atoms with Crippen molar-refractivity contribution in [3.05, 3.63) is 25.3 Å². The van der Waals surface area contributed by atoms with Crippen molar-refractivity contribution < 1.29 is 14.7 Å². The molecule has 0 aromatic heterocycles. The molecule has 0 aromatic carbocycles. The van der Waals surface area contributed by atoms with Gasteiger partial charge in [-0.3, -0.25) is 14.5 Å². The number of amides is 1. The highest BCUT2D eigenvalue weighted by molar-refractivity contribution is 5.83. The summed E-state index contributed by atoms with van der Waals surface area (Å²) >= 11 is 0. The molecule has 0 spiro atoms. The number of carboxylic acid groups (broad SMARTS) is 1. The Morgan fingerprint density at radius 1 is 1.33 bits per heavy atom. The molecule has 1 atom stereocenters. The van der Waals surface area contributed by atoms with E-state index in [4.69, 9.17) is 5.11 Å². The zero-order chi connectivity index (χ0) is 14.0. The molecule has 0 rings (SSSR count). The highest BCUT2D eigenvalue weighted by Crippen LogP contribution is 1.97. The minimum Gasteiger partial charge on any atom is -0.480 e. The van der Waals surface area contributed by atoms with Gasteiger partial charge < -0.3 is 10.4 Å². The highest BCUT2D eigenvalue weighted by Gasteiger charge is 2.13. The minimum atomic E-state index is -1.02. The van der Waals surface area contributed by atoms with Gasteiger partial charge in [0.05, 0.1) is 0 Å². The van der Waals surface area contributed by atoms with E-state index in [-0.39, 0.29) is 5.91 Å². The number of nitrogens with one attached hydrogen (secondary N) is 1. The number of carbonyl (C=O) groups is 2. The largest absolute Gasteiger partial charge is 0.480 e. The molecule has 0 fully saturated rings. The number of hydrogen-bond acceptors (Lipinski definition) is 3. The van der Waals surface area contributed by atoms with Crippen molar-refractivity contribution in [2.24, 2.45) is 0 Å². The molecule has 0 bridgehead atoms. The maximum atomic E-state index is 11.4. The van der Waals surface area contributed by atoms with E-state index in [0.29, 0.717) is 12.8 Å². The molecule has 0 aromatic rings. The lowest BCUT2D eigenvalue weighted by Crippen LogP contribution is -2.38. The molecule has 0 aliphatic heterocycles. The van der Waals surface area contributed by atoms with Gasteiger partial charge >= 0.3 is 5.97 Å². The number of rotatable bonds is 10. The molecule has 2 N–H and O–H groups in total. The minimum absolute atomic E-state index is 0.234. The van der Waals surface area contributed by atoms with Crippen molar-refractivity contribution in [2.75, 3.05) is 19.6 Å². The molecule has 0 saturated heterocycles. The van der Waals surface area contributed by atoms with Gasteiger partial charge in [0.15, 0.2) is 0 Å². The van der Waals surface area contributed by atoms with Crippen LogP contribution in [-0.4, -0.2) is 47.6 Å². The average Bonchev–Trinajstić information content (AvgIpc) is 2.29. The third kappa shape index (κ3) is 7.62. The lowest BCUT2D eigenvalue weighted by Gasteiger charge is -2.18. The molecule has 0 heterocycles. The summed E-state index contributed by atoms with van der Waals surface area (Å²) in [6.07, 6.45) is 4.61. The Morgan fingerprint density at radius 2 is 1.89 bits per heavy atom. The van der Waals surface area contributed by atoms with Gasteiger partial charge in [0.1, 0.15) is 6.04 Å². The summed E-state index contributed by atoms with van der Waals surface area (Å²) in [6, 6.07) is -0.838. The second-order valence-electron chi connectivity index (χ2n) is 4.07. The van der Waals surface area contributed by atoms with Crippen LogP contribution in [0.25, 0.3) is 0 Å². The van der Waals surface area contributed by atoms with E-state index in [9.17, 15) is 9.59 Å². The van der Waals surface area contributed by atoms with Gasteiger partial charge in [-0.1, -0.05) is 12.2 Å². The zero-order valence-electron chi connectivity index (χ0n) is 10.9. The van der Waals surface area contributed by atoms with Crippen LogP contribution in [0.4, 0.5) is 0 Å². The fourth-order valence-corrected chi connectivity index (χ4v) is 1.46. The van der Waals surface area contributed by atoms with Crippen molar-refractivity contribution in [2.45, 2.75) is 25.8 Å². The van der Waals surface area contributed by atoms with Gasteiger partial charge in [-0.25, -0.2) is 0 Å². The summed E-state index contributed by atoms with van der Waals surface area (Å²) in [6.45, 7) is 11.0. The summed E-state index contributed by atoms with van der Waals surface area (Å²) < 4.78 is 0. The Morgan fingerprint density at radius 3 is 2.33 bits per heavy atom. The van der Waals surface area contributed by atoms with Crippen molar-refractivity contribution in [3.8, 4) is 0 Å². The third-order valence-corrected chi connectivity index (χ3v) is 2.40. The van der Waals surface area contributed by atoms with E-state index >= 15 is 0 Å². The molecule has 5 nitrogen and oxygen atoms in total. The molecule has 5 heteroatoms. The first-order valence-electron chi connectivity index (χ1n) is 5.97. The Kier molecular flexibility index (Phi) is 8.57. The summed E-state index contributed by atoms with van der Waals surface area (Å²) in [5.74, 6) is -1.26. The van der Waals surface area contributed by atoms with Gasteiger partial charge in [-0.05, 0) is 19.9 Å². The second kappa shape index (κ2) is 9.41. The SMILES string of the molecule is C=CCN(CC=C)CCCC(=O)NC(C)C(=O)O. The average molecular weight is 254 g/mol. The highest BCUT2D eigenvalue weighted by atomic mass is 16.4. The fraction of sp³-hybridized carbons (Fsp3) is 0.538. The molecule has 0 saturated carbocycles. The summed E-state index contributed by atoms with van der Waals surface area (Å²) in [4.78, 5) is 24.1. The van der Waals surface area contributed by atoms with E-state index < -0.39 is 12.0 Å². The predicted molar refractivity (Wildman–Crippen MR) is 71.3 cm³/mol. The Balaban J connectivity index is 3.87. The van der Waals surface area contributed by atoms with Crippen LogP contribution < -0.4 is 5.32 Å². The Bertz CT molecular complexity index is 293. The van der Waals surface area contributed by atoms with Crippen LogP contribution in [0.3, 0.4) is 0 Å². The number of nitrogens with zero attached hydrogens (tertiary/aromatic N) is 1. The quantitative estimate of drug-likeness (QED) is 0.571. The maximum Gasteiger partial charge on any atom is 0.325 e. The number of hydrogen-bond donors (Lipinski definition) is 2. The topological polar surface area (TPSA) is 69.6 Å². The van der Waals surface area contributed by atoms with Crippen molar-refractivity contribution in [3.63, 3.8) is 0 Å². The molecule has 102 valence electrons. The van der Waals surface area contributed by atoms with E-state index in [1.165, 1.54) is 6.92 Å². The van der Waals surface area contributed by atoms with E-state index in [0.717, 1.165) is 19.6 Å². The summed E-state index contributed by atoms with van der Waals surface area (Å²) in [5.41, 5.74) is 0.